The Balaban J connectivity index is 2.54. The van der Waals surface area contributed by atoms with Gasteiger partial charge < -0.3 is 10.4 Å². The van der Waals surface area contributed by atoms with Crippen LogP contribution in [0, 0.1) is 11.3 Å². The molecule has 0 radical (unpaired) electrons. The van der Waals surface area contributed by atoms with Gasteiger partial charge in [0.2, 0.25) is 0 Å². The maximum atomic E-state index is 9.18. The molecular weight excluding hydrogens is 190 g/mol. The van der Waals surface area contributed by atoms with Gasteiger partial charge in [-0.1, -0.05) is 0 Å². The fraction of sp³-hybridized carbons (Fsp3) is 0.455. The summed E-state index contributed by atoms with van der Waals surface area (Å²) in [5.41, 5.74) is 1.27. The van der Waals surface area contributed by atoms with E-state index in [1.807, 2.05) is 19.1 Å². The first-order valence-corrected chi connectivity index (χ1v) is 4.92. The van der Waals surface area contributed by atoms with Crippen LogP contribution in [0.5, 0.6) is 0 Å². The summed E-state index contributed by atoms with van der Waals surface area (Å²) in [4.78, 5) is 3.94. The first-order chi connectivity index (χ1) is 7.11. The largest absolute Gasteiger partial charge is 0.393 e. The molecular formula is C11H15N3O. The van der Waals surface area contributed by atoms with Crippen LogP contribution in [0.15, 0.2) is 18.3 Å². The molecule has 1 heterocycles. The van der Waals surface area contributed by atoms with Crippen LogP contribution in [0.3, 0.4) is 0 Å². The third-order valence-electron chi connectivity index (χ3n) is 1.99. The van der Waals surface area contributed by atoms with Gasteiger partial charge in [-0.25, -0.2) is 4.98 Å². The summed E-state index contributed by atoms with van der Waals surface area (Å²) in [6.07, 6.45) is 1.98. The first kappa shape index (κ1) is 11.5. The summed E-state index contributed by atoms with van der Waals surface area (Å²) >= 11 is 0. The average molecular weight is 205 g/mol. The maximum absolute atomic E-state index is 9.18. The smallest absolute Gasteiger partial charge is 0.140 e. The second kappa shape index (κ2) is 5.32. The first-order valence-electron chi connectivity index (χ1n) is 4.92. The number of nitrogens with one attached hydrogen (secondary N) is 1. The number of nitriles is 1. The molecule has 0 spiro atoms. The molecule has 0 bridgehead atoms. The van der Waals surface area contributed by atoms with Crippen molar-refractivity contribution in [2.45, 2.75) is 32.4 Å². The van der Waals surface area contributed by atoms with Crippen molar-refractivity contribution in [3.05, 3.63) is 24.0 Å². The zero-order chi connectivity index (χ0) is 11.3. The summed E-state index contributed by atoms with van der Waals surface area (Å²) in [6, 6.07) is 5.61. The lowest BCUT2D eigenvalue weighted by atomic mass is 10.1. The highest BCUT2D eigenvalue weighted by Gasteiger charge is 2.05. The SMILES string of the molecule is CC(O)CC(C)Nc1ccc(C#N)nc1. The second-order valence-corrected chi connectivity index (χ2v) is 3.67. The second-order valence-electron chi connectivity index (χ2n) is 3.67. The Kier molecular flexibility index (Phi) is 4.07. The minimum Gasteiger partial charge on any atom is -0.393 e. The van der Waals surface area contributed by atoms with Crippen LogP contribution in [0.1, 0.15) is 26.0 Å². The van der Waals surface area contributed by atoms with Crippen molar-refractivity contribution in [3.63, 3.8) is 0 Å². The van der Waals surface area contributed by atoms with Crippen molar-refractivity contribution in [2.24, 2.45) is 0 Å². The van der Waals surface area contributed by atoms with Crippen molar-refractivity contribution in [2.75, 3.05) is 5.32 Å². The van der Waals surface area contributed by atoms with Gasteiger partial charge in [0.15, 0.2) is 0 Å². The number of anilines is 1. The highest BCUT2D eigenvalue weighted by Crippen LogP contribution is 2.09. The molecule has 4 heteroatoms. The normalized spacial score (nSPS) is 14.0. The van der Waals surface area contributed by atoms with Gasteiger partial charge in [-0.15, -0.1) is 0 Å². The Hall–Kier alpha value is -1.60. The van der Waals surface area contributed by atoms with E-state index in [-0.39, 0.29) is 12.1 Å². The van der Waals surface area contributed by atoms with Crippen molar-refractivity contribution in [3.8, 4) is 6.07 Å². The van der Waals surface area contributed by atoms with Crippen LogP contribution in [0.2, 0.25) is 0 Å². The maximum Gasteiger partial charge on any atom is 0.140 e. The number of pyridine rings is 1. The van der Waals surface area contributed by atoms with Crippen LogP contribution in [0.25, 0.3) is 0 Å². The van der Waals surface area contributed by atoms with E-state index in [2.05, 4.69) is 10.3 Å². The predicted octanol–water partition coefficient (Wildman–Crippen LogP) is 1.52. The summed E-state index contributed by atoms with van der Waals surface area (Å²) in [6.45, 7) is 3.75. The molecule has 0 aliphatic heterocycles. The van der Waals surface area contributed by atoms with Crippen molar-refractivity contribution in [1.29, 1.82) is 5.26 Å². The van der Waals surface area contributed by atoms with E-state index in [0.29, 0.717) is 12.1 Å². The standard InChI is InChI=1S/C11H15N3O/c1-8(5-9(2)15)14-11-4-3-10(6-12)13-7-11/h3-4,7-9,14-15H,5H2,1-2H3. The Bertz CT molecular complexity index is 340. The molecule has 0 amide bonds. The fourth-order valence-electron chi connectivity index (χ4n) is 1.40. The Morgan fingerprint density at radius 3 is 2.73 bits per heavy atom. The molecule has 2 N–H and O–H groups in total. The summed E-state index contributed by atoms with van der Waals surface area (Å²) in [5.74, 6) is 0. The number of hydrogen-bond donors (Lipinski definition) is 2. The molecule has 0 aliphatic carbocycles. The van der Waals surface area contributed by atoms with Gasteiger partial charge in [0, 0.05) is 6.04 Å². The summed E-state index contributed by atoms with van der Waals surface area (Å²) in [5, 5.41) is 20.9. The van der Waals surface area contributed by atoms with Crippen LogP contribution < -0.4 is 5.32 Å². The lowest BCUT2D eigenvalue weighted by Gasteiger charge is -2.16. The molecule has 1 rings (SSSR count). The van der Waals surface area contributed by atoms with E-state index >= 15 is 0 Å². The summed E-state index contributed by atoms with van der Waals surface area (Å²) < 4.78 is 0. The van der Waals surface area contributed by atoms with Gasteiger partial charge >= 0.3 is 0 Å². The van der Waals surface area contributed by atoms with E-state index in [1.54, 1.807) is 19.2 Å². The molecule has 2 unspecified atom stereocenters. The monoisotopic (exact) mass is 205 g/mol. The number of aromatic nitrogens is 1. The van der Waals surface area contributed by atoms with E-state index in [0.717, 1.165) is 5.69 Å². The number of hydrogen-bond acceptors (Lipinski definition) is 4. The molecule has 1 aromatic heterocycles. The van der Waals surface area contributed by atoms with E-state index in [9.17, 15) is 5.11 Å². The molecule has 0 saturated carbocycles. The zero-order valence-electron chi connectivity index (χ0n) is 8.94. The minimum absolute atomic E-state index is 0.180. The number of aliphatic hydroxyl groups excluding tert-OH is 1. The molecule has 15 heavy (non-hydrogen) atoms. The highest BCUT2D eigenvalue weighted by molar-refractivity contribution is 5.43. The quantitative estimate of drug-likeness (QED) is 0.782. The molecule has 0 aliphatic rings. The number of aliphatic hydroxyl groups is 1. The zero-order valence-corrected chi connectivity index (χ0v) is 8.94. The van der Waals surface area contributed by atoms with Crippen LogP contribution in [-0.4, -0.2) is 22.2 Å². The molecule has 0 aromatic carbocycles. The molecule has 80 valence electrons. The Morgan fingerprint density at radius 2 is 2.27 bits per heavy atom. The van der Waals surface area contributed by atoms with Crippen LogP contribution in [-0.2, 0) is 0 Å². The van der Waals surface area contributed by atoms with Gasteiger partial charge in [-0.05, 0) is 32.4 Å². The fourth-order valence-corrected chi connectivity index (χ4v) is 1.40. The third-order valence-corrected chi connectivity index (χ3v) is 1.99. The van der Waals surface area contributed by atoms with Gasteiger partial charge in [-0.2, -0.15) is 5.26 Å². The minimum atomic E-state index is -0.321. The topological polar surface area (TPSA) is 68.9 Å². The van der Waals surface area contributed by atoms with Gasteiger partial charge in [0.05, 0.1) is 18.0 Å². The Morgan fingerprint density at radius 1 is 1.53 bits per heavy atom. The van der Waals surface area contributed by atoms with E-state index in [1.165, 1.54) is 0 Å². The van der Waals surface area contributed by atoms with Crippen molar-refractivity contribution >= 4 is 5.69 Å². The van der Waals surface area contributed by atoms with E-state index in [4.69, 9.17) is 5.26 Å². The van der Waals surface area contributed by atoms with Gasteiger partial charge in [-0.3, -0.25) is 0 Å². The van der Waals surface area contributed by atoms with Gasteiger partial charge in [0.1, 0.15) is 11.8 Å². The van der Waals surface area contributed by atoms with Gasteiger partial charge in [0.25, 0.3) is 0 Å². The lowest BCUT2D eigenvalue weighted by molar-refractivity contribution is 0.179. The predicted molar refractivity (Wildman–Crippen MR) is 58.3 cm³/mol. The third kappa shape index (κ3) is 3.96. The molecule has 1 aromatic rings. The van der Waals surface area contributed by atoms with Crippen molar-refractivity contribution < 1.29 is 5.11 Å². The molecule has 4 nitrogen and oxygen atoms in total. The number of rotatable bonds is 4. The van der Waals surface area contributed by atoms with Crippen LogP contribution >= 0.6 is 0 Å². The molecule has 0 saturated heterocycles. The average Bonchev–Trinajstić information content (AvgIpc) is 2.17. The lowest BCUT2D eigenvalue weighted by Crippen LogP contribution is -2.20. The van der Waals surface area contributed by atoms with Crippen molar-refractivity contribution in [1.82, 2.24) is 4.98 Å². The Labute approximate surface area is 89.6 Å². The highest BCUT2D eigenvalue weighted by atomic mass is 16.3. The number of nitrogens with zero attached hydrogens (tertiary/aromatic N) is 2. The molecule has 0 fully saturated rings. The molecule has 2 atom stereocenters. The van der Waals surface area contributed by atoms with E-state index < -0.39 is 0 Å². The summed E-state index contributed by atoms with van der Waals surface area (Å²) in [7, 11) is 0. The van der Waals surface area contributed by atoms with Crippen LogP contribution in [0.4, 0.5) is 5.69 Å².